The van der Waals surface area contributed by atoms with E-state index in [-0.39, 0.29) is 6.04 Å². The Morgan fingerprint density at radius 2 is 1.34 bits per heavy atom. The van der Waals surface area contributed by atoms with E-state index < -0.39 is 11.8 Å². The maximum absolute atomic E-state index is 12.2. The summed E-state index contributed by atoms with van der Waals surface area (Å²) in [6.07, 6.45) is 0. The number of carbonyl (C=O) groups excluding carboxylic acids is 2. The van der Waals surface area contributed by atoms with Gasteiger partial charge in [0.1, 0.15) is 5.75 Å². The highest BCUT2D eigenvalue weighted by Gasteiger charge is 2.17. The lowest BCUT2D eigenvalue weighted by Gasteiger charge is -2.14. The van der Waals surface area contributed by atoms with Crippen LogP contribution >= 0.6 is 0 Å². The van der Waals surface area contributed by atoms with Crippen molar-refractivity contribution < 1.29 is 14.3 Å². The second-order valence-corrected chi connectivity index (χ2v) is 6.49. The van der Waals surface area contributed by atoms with Crippen molar-refractivity contribution in [1.29, 1.82) is 0 Å². The number of hydrogen-bond acceptors (Lipinski definition) is 4. The molecule has 6 heteroatoms. The number of ether oxygens (including phenoxy) is 1. The van der Waals surface area contributed by atoms with Crippen LogP contribution in [0.3, 0.4) is 0 Å². The summed E-state index contributed by atoms with van der Waals surface area (Å²) in [6, 6.07) is 23.9. The van der Waals surface area contributed by atoms with Crippen LogP contribution in [0.5, 0.6) is 5.75 Å². The van der Waals surface area contributed by atoms with E-state index in [0.717, 1.165) is 22.7 Å². The fourth-order valence-corrected chi connectivity index (χ4v) is 2.75. The van der Waals surface area contributed by atoms with Gasteiger partial charge in [-0.15, -0.1) is 0 Å². The minimum absolute atomic E-state index is 0.309. The van der Waals surface area contributed by atoms with Gasteiger partial charge in [-0.3, -0.25) is 9.59 Å². The zero-order valence-corrected chi connectivity index (χ0v) is 16.3. The van der Waals surface area contributed by atoms with Crippen molar-refractivity contribution in [2.24, 2.45) is 0 Å². The molecular formula is C23H23N3O3. The Bertz CT molecular complexity index is 955. The molecule has 0 radical (unpaired) electrons. The zero-order valence-electron chi connectivity index (χ0n) is 16.3. The number of carbonyl (C=O) groups is 2. The molecule has 29 heavy (non-hydrogen) atoms. The Balaban J connectivity index is 1.54. The molecule has 0 aliphatic rings. The first-order valence-corrected chi connectivity index (χ1v) is 9.23. The van der Waals surface area contributed by atoms with Gasteiger partial charge in [-0.05, 0) is 61.0 Å². The van der Waals surface area contributed by atoms with Crippen LogP contribution in [0.25, 0.3) is 0 Å². The molecule has 3 rings (SSSR count). The van der Waals surface area contributed by atoms with Gasteiger partial charge in [0, 0.05) is 17.1 Å². The molecule has 0 fully saturated rings. The summed E-state index contributed by atoms with van der Waals surface area (Å²) in [5.41, 5.74) is 3.27. The van der Waals surface area contributed by atoms with E-state index in [1.165, 1.54) is 0 Å². The Morgan fingerprint density at radius 1 is 0.759 bits per heavy atom. The van der Waals surface area contributed by atoms with Gasteiger partial charge >= 0.3 is 11.8 Å². The van der Waals surface area contributed by atoms with Gasteiger partial charge in [-0.1, -0.05) is 30.3 Å². The molecule has 3 N–H and O–H groups in total. The average molecular weight is 389 g/mol. The van der Waals surface area contributed by atoms with Crippen molar-refractivity contribution in [2.45, 2.75) is 13.0 Å². The molecular weight excluding hydrogens is 366 g/mol. The molecule has 0 aliphatic heterocycles. The number of anilines is 3. The number of hydrogen-bond donors (Lipinski definition) is 3. The minimum Gasteiger partial charge on any atom is -0.497 e. The van der Waals surface area contributed by atoms with E-state index in [2.05, 4.69) is 16.0 Å². The number of amides is 2. The Morgan fingerprint density at radius 3 is 1.97 bits per heavy atom. The van der Waals surface area contributed by atoms with Gasteiger partial charge in [0.2, 0.25) is 0 Å². The topological polar surface area (TPSA) is 79.5 Å². The maximum atomic E-state index is 12.2. The summed E-state index contributed by atoms with van der Waals surface area (Å²) >= 11 is 0. The molecule has 148 valence electrons. The van der Waals surface area contributed by atoms with Crippen LogP contribution < -0.4 is 20.7 Å². The lowest BCUT2D eigenvalue weighted by Crippen LogP contribution is -2.36. The third-order valence-corrected chi connectivity index (χ3v) is 4.37. The van der Waals surface area contributed by atoms with Crippen LogP contribution in [-0.4, -0.2) is 18.9 Å². The molecule has 0 heterocycles. The predicted molar refractivity (Wildman–Crippen MR) is 114 cm³/mol. The SMILES string of the molecule is COc1ccc(C(C)NC(=O)C(=O)Nc2ccc(Nc3ccccc3)cc2)cc1. The molecule has 0 saturated carbocycles. The Labute approximate surface area is 169 Å². The summed E-state index contributed by atoms with van der Waals surface area (Å²) in [7, 11) is 1.59. The fraction of sp³-hybridized carbons (Fsp3) is 0.130. The highest BCUT2D eigenvalue weighted by atomic mass is 16.5. The fourth-order valence-electron chi connectivity index (χ4n) is 2.75. The van der Waals surface area contributed by atoms with Crippen molar-refractivity contribution in [3.05, 3.63) is 84.4 Å². The summed E-state index contributed by atoms with van der Waals surface area (Å²) in [5.74, 6) is -0.677. The molecule has 0 aromatic heterocycles. The molecule has 3 aromatic rings. The minimum atomic E-state index is -0.714. The van der Waals surface area contributed by atoms with Gasteiger partial charge in [0.25, 0.3) is 0 Å². The van der Waals surface area contributed by atoms with Crippen molar-refractivity contribution in [3.63, 3.8) is 0 Å². The molecule has 0 spiro atoms. The number of benzene rings is 3. The molecule has 3 aromatic carbocycles. The number of methoxy groups -OCH3 is 1. The summed E-state index contributed by atoms with van der Waals surface area (Å²) in [4.78, 5) is 24.4. The predicted octanol–water partition coefficient (Wildman–Crippen LogP) is 4.25. The second-order valence-electron chi connectivity index (χ2n) is 6.49. The standard InChI is InChI=1S/C23H23N3O3/c1-16(17-8-14-21(29-2)15-9-17)24-22(27)23(28)26-20-12-10-19(11-13-20)25-18-6-4-3-5-7-18/h3-16,25H,1-2H3,(H,24,27)(H,26,28). The molecule has 6 nitrogen and oxygen atoms in total. The summed E-state index contributed by atoms with van der Waals surface area (Å²) < 4.78 is 5.12. The van der Waals surface area contributed by atoms with Crippen LogP contribution in [0.2, 0.25) is 0 Å². The van der Waals surface area contributed by atoms with Gasteiger partial charge in [-0.25, -0.2) is 0 Å². The third-order valence-electron chi connectivity index (χ3n) is 4.37. The van der Waals surface area contributed by atoms with Crippen LogP contribution in [0.15, 0.2) is 78.9 Å². The normalized spacial score (nSPS) is 11.2. The van der Waals surface area contributed by atoms with Crippen molar-refractivity contribution in [3.8, 4) is 5.75 Å². The summed E-state index contributed by atoms with van der Waals surface area (Å²) in [5, 5.41) is 8.56. The van der Waals surface area contributed by atoms with Crippen molar-refractivity contribution >= 4 is 28.9 Å². The number of nitrogens with one attached hydrogen (secondary N) is 3. The van der Waals surface area contributed by atoms with E-state index >= 15 is 0 Å². The van der Waals surface area contributed by atoms with E-state index in [4.69, 9.17) is 4.74 Å². The first kappa shape index (κ1) is 19.9. The van der Waals surface area contributed by atoms with Crippen LogP contribution in [-0.2, 0) is 9.59 Å². The first-order chi connectivity index (χ1) is 14.0. The molecule has 1 unspecified atom stereocenters. The lowest BCUT2D eigenvalue weighted by molar-refractivity contribution is -0.136. The summed E-state index contributed by atoms with van der Waals surface area (Å²) in [6.45, 7) is 1.82. The first-order valence-electron chi connectivity index (χ1n) is 9.23. The second kappa shape index (κ2) is 9.41. The van der Waals surface area contributed by atoms with Crippen LogP contribution in [0.1, 0.15) is 18.5 Å². The lowest BCUT2D eigenvalue weighted by atomic mass is 10.1. The highest BCUT2D eigenvalue weighted by Crippen LogP contribution is 2.19. The molecule has 1 atom stereocenters. The van der Waals surface area contributed by atoms with Gasteiger partial charge in [0.05, 0.1) is 13.2 Å². The molecule has 0 bridgehead atoms. The Hall–Kier alpha value is -3.80. The van der Waals surface area contributed by atoms with E-state index in [1.54, 1.807) is 19.2 Å². The van der Waals surface area contributed by atoms with E-state index in [9.17, 15) is 9.59 Å². The third kappa shape index (κ3) is 5.59. The van der Waals surface area contributed by atoms with Crippen molar-refractivity contribution in [1.82, 2.24) is 5.32 Å². The maximum Gasteiger partial charge on any atom is 0.313 e. The molecule has 2 amide bonds. The number of para-hydroxylation sites is 1. The van der Waals surface area contributed by atoms with E-state index in [0.29, 0.717) is 5.69 Å². The smallest absolute Gasteiger partial charge is 0.313 e. The quantitative estimate of drug-likeness (QED) is 0.551. The van der Waals surface area contributed by atoms with Crippen molar-refractivity contribution in [2.75, 3.05) is 17.7 Å². The molecule has 0 saturated heterocycles. The van der Waals surface area contributed by atoms with Crippen LogP contribution in [0, 0.1) is 0 Å². The van der Waals surface area contributed by atoms with E-state index in [1.807, 2.05) is 73.7 Å². The number of rotatable bonds is 6. The average Bonchev–Trinajstić information content (AvgIpc) is 2.75. The van der Waals surface area contributed by atoms with Crippen LogP contribution in [0.4, 0.5) is 17.1 Å². The highest BCUT2D eigenvalue weighted by molar-refractivity contribution is 6.39. The zero-order chi connectivity index (χ0) is 20.6. The van der Waals surface area contributed by atoms with Gasteiger partial charge in [-0.2, -0.15) is 0 Å². The van der Waals surface area contributed by atoms with Gasteiger partial charge < -0.3 is 20.7 Å². The van der Waals surface area contributed by atoms with Gasteiger partial charge in [0.15, 0.2) is 0 Å². The monoisotopic (exact) mass is 389 g/mol. The molecule has 0 aliphatic carbocycles. The largest absolute Gasteiger partial charge is 0.497 e. The Kier molecular flexibility index (Phi) is 6.47.